The van der Waals surface area contributed by atoms with Gasteiger partial charge in [0.1, 0.15) is 0 Å². The number of fused-ring (bicyclic) bond motifs is 1. The molecular weight excluding hydrogens is 474 g/mol. The molecule has 4 aromatic rings. The first-order valence-electron chi connectivity index (χ1n) is 11.5. The number of non-ortho nitro benzene ring substituents is 1. The average molecular weight is 500 g/mol. The maximum absolute atomic E-state index is 11.4. The summed E-state index contributed by atoms with van der Waals surface area (Å²) in [5.74, 6) is -0.437. The molecule has 0 saturated carbocycles. The van der Waals surface area contributed by atoms with Crippen LogP contribution in [0.2, 0.25) is 0 Å². The van der Waals surface area contributed by atoms with E-state index in [1.54, 1.807) is 18.2 Å². The van der Waals surface area contributed by atoms with Crippen molar-refractivity contribution in [3.63, 3.8) is 0 Å². The van der Waals surface area contributed by atoms with Gasteiger partial charge in [-0.25, -0.2) is 4.99 Å². The first kappa shape index (κ1) is 25.1. The van der Waals surface area contributed by atoms with Gasteiger partial charge in [-0.3, -0.25) is 19.7 Å². The van der Waals surface area contributed by atoms with Gasteiger partial charge in [-0.1, -0.05) is 36.4 Å². The number of aromatic nitrogens is 1. The molecule has 0 saturated heterocycles. The molecule has 3 aromatic carbocycles. The monoisotopic (exact) mass is 499 g/mol. The normalized spacial score (nSPS) is 11.4. The van der Waals surface area contributed by atoms with Crippen LogP contribution in [0, 0.1) is 10.1 Å². The van der Waals surface area contributed by atoms with Gasteiger partial charge >= 0.3 is 0 Å². The zero-order valence-corrected chi connectivity index (χ0v) is 20.2. The lowest BCUT2D eigenvalue weighted by molar-refractivity contribution is -0.384. The topological polar surface area (TPSA) is 150 Å². The van der Waals surface area contributed by atoms with E-state index in [0.717, 1.165) is 11.1 Å². The van der Waals surface area contributed by atoms with Crippen LogP contribution < -0.4 is 10.6 Å². The van der Waals surface area contributed by atoms with Gasteiger partial charge in [0, 0.05) is 55.5 Å². The predicted molar refractivity (Wildman–Crippen MR) is 140 cm³/mol. The largest absolute Gasteiger partial charge is 0.494 e. The maximum Gasteiger partial charge on any atom is 0.270 e. The molecule has 0 spiro atoms. The molecule has 10 nitrogen and oxygen atoms in total. The highest BCUT2D eigenvalue weighted by atomic mass is 16.6. The molecule has 0 aliphatic heterocycles. The second-order valence-electron chi connectivity index (χ2n) is 8.48. The van der Waals surface area contributed by atoms with Crippen molar-refractivity contribution in [3.8, 4) is 5.88 Å². The number of carbonyl (C=O) groups excluding carboxylic acids is 2. The van der Waals surface area contributed by atoms with Gasteiger partial charge in [-0.05, 0) is 29.3 Å². The molecule has 37 heavy (non-hydrogen) atoms. The fourth-order valence-corrected chi connectivity index (χ4v) is 3.83. The van der Waals surface area contributed by atoms with Crippen molar-refractivity contribution in [1.29, 1.82) is 0 Å². The summed E-state index contributed by atoms with van der Waals surface area (Å²) >= 11 is 0. The number of nitro groups is 1. The van der Waals surface area contributed by atoms with Crippen molar-refractivity contribution >= 4 is 39.8 Å². The van der Waals surface area contributed by atoms with Crippen LogP contribution in [0.3, 0.4) is 0 Å². The number of aromatic amines is 1. The van der Waals surface area contributed by atoms with Gasteiger partial charge < -0.3 is 20.7 Å². The van der Waals surface area contributed by atoms with Crippen LogP contribution >= 0.6 is 0 Å². The summed E-state index contributed by atoms with van der Waals surface area (Å²) in [7, 11) is 0. The Kier molecular flexibility index (Phi) is 7.28. The number of aliphatic imine (C=N–C) groups is 1. The molecular formula is C27H25N5O5. The zero-order valence-electron chi connectivity index (χ0n) is 20.2. The second kappa shape index (κ2) is 10.7. The Morgan fingerprint density at radius 2 is 1.49 bits per heavy atom. The first-order chi connectivity index (χ1) is 17.7. The van der Waals surface area contributed by atoms with E-state index in [9.17, 15) is 24.8 Å². The molecule has 1 heterocycles. The molecule has 188 valence electrons. The molecule has 0 fully saturated rings. The lowest BCUT2D eigenvalue weighted by Gasteiger charge is -2.10. The Hall–Kier alpha value is -4.99. The van der Waals surface area contributed by atoms with E-state index in [4.69, 9.17) is 4.99 Å². The molecule has 10 heteroatoms. The smallest absolute Gasteiger partial charge is 0.270 e. The van der Waals surface area contributed by atoms with Crippen LogP contribution in [0.5, 0.6) is 5.88 Å². The van der Waals surface area contributed by atoms with Gasteiger partial charge in [0.15, 0.2) is 5.88 Å². The number of benzene rings is 3. The number of rotatable bonds is 8. The summed E-state index contributed by atoms with van der Waals surface area (Å²) in [5.41, 5.74) is 4.17. The third-order valence-electron chi connectivity index (χ3n) is 5.70. The molecule has 0 atom stereocenters. The lowest BCUT2D eigenvalue weighted by Crippen LogP contribution is -2.18. The zero-order chi connectivity index (χ0) is 26.5. The number of aromatic hydroxyl groups is 1. The Bertz CT molecular complexity index is 1500. The van der Waals surface area contributed by atoms with Gasteiger partial charge in [0.05, 0.1) is 21.9 Å². The molecule has 0 unspecified atom stereocenters. The Morgan fingerprint density at radius 3 is 2.03 bits per heavy atom. The summed E-state index contributed by atoms with van der Waals surface area (Å²) in [5, 5.41) is 28.2. The summed E-state index contributed by atoms with van der Waals surface area (Å²) in [6, 6.07) is 18.9. The molecule has 4 N–H and O–H groups in total. The van der Waals surface area contributed by atoms with Gasteiger partial charge in [-0.2, -0.15) is 0 Å². The van der Waals surface area contributed by atoms with Crippen LogP contribution in [-0.4, -0.2) is 32.5 Å². The minimum atomic E-state index is -0.491. The number of hydrogen-bond acceptors (Lipinski definition) is 6. The maximum atomic E-state index is 11.4. The molecule has 4 rings (SSSR count). The van der Waals surface area contributed by atoms with Crippen LogP contribution in [0.25, 0.3) is 10.9 Å². The Morgan fingerprint density at radius 1 is 0.919 bits per heavy atom. The van der Waals surface area contributed by atoms with Crippen molar-refractivity contribution in [2.45, 2.75) is 26.9 Å². The van der Waals surface area contributed by atoms with Gasteiger partial charge in [0.25, 0.3) is 5.69 Å². The van der Waals surface area contributed by atoms with E-state index in [2.05, 4.69) is 15.6 Å². The van der Waals surface area contributed by atoms with Crippen molar-refractivity contribution in [1.82, 2.24) is 15.6 Å². The van der Waals surface area contributed by atoms with E-state index >= 15 is 0 Å². The first-order valence-corrected chi connectivity index (χ1v) is 11.5. The summed E-state index contributed by atoms with van der Waals surface area (Å²) in [6.07, 6.45) is 0. The number of carbonyl (C=O) groups is 2. The van der Waals surface area contributed by atoms with Gasteiger partial charge in [0.2, 0.25) is 11.8 Å². The molecule has 1 aromatic heterocycles. The van der Waals surface area contributed by atoms with E-state index in [0.29, 0.717) is 46.5 Å². The number of nitro benzene ring substituents is 1. The average Bonchev–Trinajstić information content (AvgIpc) is 3.20. The van der Waals surface area contributed by atoms with E-state index < -0.39 is 4.92 Å². The van der Waals surface area contributed by atoms with Crippen molar-refractivity contribution in [3.05, 3.63) is 99.1 Å². The standard InChI is InChI=1S/C27H25N5O5/c1-16(33)28-14-18-3-7-20(8-4-18)26(30-21-9-5-19(6-10-21)15-29-17(2)34)25-23-13-22(32(36)37)11-12-24(23)31-27(25)35/h3-13,31,35H,14-15H2,1-2H3,(H,28,33)(H,29,34). The van der Waals surface area contributed by atoms with Crippen LogP contribution in [0.4, 0.5) is 11.4 Å². The summed E-state index contributed by atoms with van der Waals surface area (Å²) < 4.78 is 0. The number of hydrogen-bond donors (Lipinski definition) is 4. The number of nitrogens with one attached hydrogen (secondary N) is 3. The quantitative estimate of drug-likeness (QED) is 0.163. The van der Waals surface area contributed by atoms with Crippen LogP contribution in [-0.2, 0) is 22.7 Å². The van der Waals surface area contributed by atoms with E-state index in [-0.39, 0.29) is 23.4 Å². The summed E-state index contributed by atoms with van der Waals surface area (Å²) in [6.45, 7) is 3.64. The highest BCUT2D eigenvalue weighted by molar-refractivity contribution is 6.22. The molecule has 0 radical (unpaired) electrons. The lowest BCUT2D eigenvalue weighted by atomic mass is 9.99. The van der Waals surface area contributed by atoms with Crippen LogP contribution in [0.1, 0.15) is 36.1 Å². The summed E-state index contributed by atoms with van der Waals surface area (Å²) in [4.78, 5) is 41.1. The predicted octanol–water partition coefficient (Wildman–Crippen LogP) is 4.22. The molecule has 0 bridgehead atoms. The third-order valence-corrected chi connectivity index (χ3v) is 5.70. The third kappa shape index (κ3) is 5.99. The highest BCUT2D eigenvalue weighted by Gasteiger charge is 2.21. The van der Waals surface area contributed by atoms with E-state index in [1.165, 1.54) is 26.0 Å². The fraction of sp³-hybridized carbons (Fsp3) is 0.148. The number of H-pyrrole nitrogens is 1. The van der Waals surface area contributed by atoms with Crippen LogP contribution in [0.15, 0.2) is 71.7 Å². The molecule has 0 aliphatic rings. The minimum absolute atomic E-state index is 0.111. The van der Waals surface area contributed by atoms with Crippen molar-refractivity contribution < 1.29 is 19.6 Å². The molecule has 0 aliphatic carbocycles. The number of amides is 2. The SMILES string of the molecule is CC(=O)NCc1ccc(N=C(c2ccc(CNC(C)=O)cc2)c2c(O)[nH]c3ccc([N+](=O)[O-])cc23)cc1. The van der Waals surface area contributed by atoms with Crippen molar-refractivity contribution in [2.75, 3.05) is 0 Å². The Balaban J connectivity index is 1.81. The van der Waals surface area contributed by atoms with Crippen molar-refractivity contribution in [2.24, 2.45) is 4.99 Å². The minimum Gasteiger partial charge on any atom is -0.494 e. The fourth-order valence-electron chi connectivity index (χ4n) is 3.83. The second-order valence-corrected chi connectivity index (χ2v) is 8.48. The highest BCUT2D eigenvalue weighted by Crippen LogP contribution is 2.33. The van der Waals surface area contributed by atoms with E-state index in [1.807, 2.05) is 36.4 Å². The van der Waals surface area contributed by atoms with Gasteiger partial charge in [-0.15, -0.1) is 0 Å². The molecule has 2 amide bonds. The Labute approximate surface area is 212 Å². The number of nitrogens with zero attached hydrogens (tertiary/aromatic N) is 2.